The van der Waals surface area contributed by atoms with E-state index < -0.39 is 10.0 Å². The predicted molar refractivity (Wildman–Crippen MR) is 104 cm³/mol. The molecule has 0 saturated carbocycles. The molecule has 0 spiro atoms. The van der Waals surface area contributed by atoms with Gasteiger partial charge >= 0.3 is 0 Å². The molecule has 2 rings (SSSR count). The van der Waals surface area contributed by atoms with E-state index in [0.717, 1.165) is 17.6 Å². The SMILES string of the molecule is Cc1cccc(OCCN(C)C(=O)c2ccc(Cl)c(NS(C)(=O)=O)c2)c1. The number of nitrogens with zero attached hydrogens (tertiary/aromatic N) is 1. The summed E-state index contributed by atoms with van der Waals surface area (Å²) >= 11 is 5.98. The third-order valence-corrected chi connectivity index (χ3v) is 4.46. The highest BCUT2D eigenvalue weighted by Crippen LogP contribution is 2.24. The maximum absolute atomic E-state index is 12.5. The summed E-state index contributed by atoms with van der Waals surface area (Å²) in [6.07, 6.45) is 1.02. The zero-order valence-electron chi connectivity index (χ0n) is 14.8. The number of ether oxygens (including phenoxy) is 1. The van der Waals surface area contributed by atoms with Crippen LogP contribution in [0.3, 0.4) is 0 Å². The second kappa shape index (κ2) is 8.42. The van der Waals surface area contributed by atoms with Gasteiger partial charge in [0.25, 0.3) is 5.91 Å². The molecule has 0 aliphatic carbocycles. The normalized spacial score (nSPS) is 11.1. The molecule has 8 heteroatoms. The number of rotatable bonds is 7. The Morgan fingerprint density at radius 1 is 1.23 bits per heavy atom. The molecule has 0 bridgehead atoms. The van der Waals surface area contributed by atoms with Crippen molar-refractivity contribution in [2.75, 3.05) is 31.2 Å². The van der Waals surface area contributed by atoms with Crippen LogP contribution < -0.4 is 9.46 Å². The fourth-order valence-electron chi connectivity index (χ4n) is 2.26. The average Bonchev–Trinajstić information content (AvgIpc) is 2.55. The lowest BCUT2D eigenvalue weighted by molar-refractivity contribution is 0.0774. The van der Waals surface area contributed by atoms with E-state index >= 15 is 0 Å². The highest BCUT2D eigenvalue weighted by atomic mass is 35.5. The standard InChI is InChI=1S/C18H21ClN2O4S/c1-13-5-4-6-15(11-13)25-10-9-21(2)18(22)14-7-8-16(19)17(12-14)20-26(3,23)24/h4-8,11-12,20H,9-10H2,1-3H3. The second-order valence-corrected chi connectivity index (χ2v) is 8.12. The minimum atomic E-state index is -3.49. The zero-order chi connectivity index (χ0) is 19.3. The Hall–Kier alpha value is -2.25. The van der Waals surface area contributed by atoms with E-state index in [1.54, 1.807) is 13.1 Å². The lowest BCUT2D eigenvalue weighted by atomic mass is 10.2. The summed E-state index contributed by atoms with van der Waals surface area (Å²) < 4.78 is 30.7. The summed E-state index contributed by atoms with van der Waals surface area (Å²) in [4.78, 5) is 14.0. The van der Waals surface area contributed by atoms with E-state index in [1.165, 1.54) is 17.0 Å². The fourth-order valence-corrected chi connectivity index (χ4v) is 3.05. The average molecular weight is 397 g/mol. The number of likely N-dealkylation sites (N-methyl/N-ethyl adjacent to an activating group) is 1. The number of anilines is 1. The first-order valence-corrected chi connectivity index (χ1v) is 10.1. The van der Waals surface area contributed by atoms with Crippen molar-refractivity contribution >= 4 is 33.2 Å². The fraction of sp³-hybridized carbons (Fsp3) is 0.278. The third kappa shape index (κ3) is 5.93. The van der Waals surface area contributed by atoms with Crippen LogP contribution in [0.25, 0.3) is 0 Å². The van der Waals surface area contributed by atoms with Gasteiger partial charge in [-0.2, -0.15) is 0 Å². The Bertz CT molecular complexity index is 900. The first kappa shape index (κ1) is 20.1. The number of carbonyl (C=O) groups excluding carboxylic acids is 1. The molecule has 6 nitrogen and oxygen atoms in total. The maximum atomic E-state index is 12.5. The summed E-state index contributed by atoms with van der Waals surface area (Å²) in [5.74, 6) is 0.489. The minimum absolute atomic E-state index is 0.171. The van der Waals surface area contributed by atoms with Gasteiger partial charge in [-0.05, 0) is 42.8 Å². The van der Waals surface area contributed by atoms with Crippen molar-refractivity contribution in [2.24, 2.45) is 0 Å². The molecule has 0 aliphatic heterocycles. The van der Waals surface area contributed by atoms with Crippen molar-refractivity contribution in [2.45, 2.75) is 6.92 Å². The number of carbonyl (C=O) groups is 1. The van der Waals surface area contributed by atoms with Crippen molar-refractivity contribution in [3.8, 4) is 5.75 Å². The highest BCUT2D eigenvalue weighted by Gasteiger charge is 2.15. The molecule has 0 aliphatic rings. The number of halogens is 1. The summed E-state index contributed by atoms with van der Waals surface area (Å²) in [5.41, 5.74) is 1.60. The molecular formula is C18H21ClN2O4S. The van der Waals surface area contributed by atoms with Gasteiger partial charge in [-0.25, -0.2) is 8.42 Å². The van der Waals surface area contributed by atoms with Crippen LogP contribution in [0.5, 0.6) is 5.75 Å². The molecule has 140 valence electrons. The molecule has 0 radical (unpaired) electrons. The van der Waals surface area contributed by atoms with Gasteiger partial charge in [0, 0.05) is 12.6 Å². The van der Waals surface area contributed by atoms with Gasteiger partial charge in [-0.1, -0.05) is 23.7 Å². The second-order valence-electron chi connectivity index (χ2n) is 5.96. The molecular weight excluding hydrogens is 376 g/mol. The topological polar surface area (TPSA) is 75.7 Å². The largest absolute Gasteiger partial charge is 0.492 e. The Kier molecular flexibility index (Phi) is 6.50. The van der Waals surface area contributed by atoms with Crippen LogP contribution in [-0.2, 0) is 10.0 Å². The molecule has 0 aromatic heterocycles. The monoisotopic (exact) mass is 396 g/mol. The first-order chi connectivity index (χ1) is 12.2. The number of aryl methyl sites for hydroxylation is 1. The van der Waals surface area contributed by atoms with Crippen LogP contribution >= 0.6 is 11.6 Å². The molecule has 0 saturated heterocycles. The summed E-state index contributed by atoms with van der Waals surface area (Å²) in [6.45, 7) is 2.70. The molecule has 0 heterocycles. The van der Waals surface area contributed by atoms with Gasteiger partial charge in [-0.15, -0.1) is 0 Å². The molecule has 1 amide bonds. The van der Waals surface area contributed by atoms with Gasteiger partial charge in [-0.3, -0.25) is 9.52 Å². The van der Waals surface area contributed by atoms with E-state index in [2.05, 4.69) is 4.72 Å². The van der Waals surface area contributed by atoms with Crippen molar-refractivity contribution in [3.63, 3.8) is 0 Å². The van der Waals surface area contributed by atoms with E-state index in [1.807, 2.05) is 31.2 Å². The maximum Gasteiger partial charge on any atom is 0.253 e. The summed E-state index contributed by atoms with van der Waals surface area (Å²) in [7, 11) is -1.84. The highest BCUT2D eigenvalue weighted by molar-refractivity contribution is 7.92. The van der Waals surface area contributed by atoms with Crippen molar-refractivity contribution in [3.05, 3.63) is 58.6 Å². The Labute approximate surface area is 158 Å². The van der Waals surface area contributed by atoms with Gasteiger partial charge in [0.1, 0.15) is 12.4 Å². The molecule has 2 aromatic carbocycles. The lowest BCUT2D eigenvalue weighted by Gasteiger charge is -2.18. The number of amides is 1. The quantitative estimate of drug-likeness (QED) is 0.779. The predicted octanol–water partition coefficient (Wildman–Crippen LogP) is 3.17. The molecule has 1 N–H and O–H groups in total. The van der Waals surface area contributed by atoms with E-state index in [4.69, 9.17) is 16.3 Å². The number of hydrogen-bond acceptors (Lipinski definition) is 4. The molecule has 26 heavy (non-hydrogen) atoms. The van der Waals surface area contributed by atoms with Crippen LogP contribution in [-0.4, -0.2) is 45.7 Å². The summed E-state index contributed by atoms with van der Waals surface area (Å²) in [6, 6.07) is 12.1. The van der Waals surface area contributed by atoms with Crippen molar-refractivity contribution in [1.29, 1.82) is 0 Å². The molecule has 2 aromatic rings. The Morgan fingerprint density at radius 3 is 2.62 bits per heavy atom. The third-order valence-electron chi connectivity index (χ3n) is 3.54. The van der Waals surface area contributed by atoms with E-state index in [-0.39, 0.29) is 16.6 Å². The van der Waals surface area contributed by atoms with Crippen LogP contribution in [0.1, 0.15) is 15.9 Å². The van der Waals surface area contributed by atoms with Crippen molar-refractivity contribution < 1.29 is 17.9 Å². The molecule has 0 atom stereocenters. The smallest absolute Gasteiger partial charge is 0.253 e. The Balaban J connectivity index is 2.00. The number of benzene rings is 2. The van der Waals surface area contributed by atoms with Gasteiger partial charge < -0.3 is 9.64 Å². The molecule has 0 fully saturated rings. The zero-order valence-corrected chi connectivity index (χ0v) is 16.4. The first-order valence-electron chi connectivity index (χ1n) is 7.88. The number of sulfonamides is 1. The number of hydrogen-bond donors (Lipinski definition) is 1. The lowest BCUT2D eigenvalue weighted by Crippen LogP contribution is -2.31. The molecule has 0 unspecified atom stereocenters. The van der Waals surface area contributed by atoms with Crippen LogP contribution in [0.2, 0.25) is 5.02 Å². The Morgan fingerprint density at radius 2 is 1.96 bits per heavy atom. The van der Waals surface area contributed by atoms with Crippen molar-refractivity contribution in [1.82, 2.24) is 4.90 Å². The van der Waals surface area contributed by atoms with Crippen LogP contribution in [0, 0.1) is 6.92 Å². The van der Waals surface area contributed by atoms with E-state index in [0.29, 0.717) is 18.7 Å². The van der Waals surface area contributed by atoms with Crippen LogP contribution in [0.15, 0.2) is 42.5 Å². The van der Waals surface area contributed by atoms with Gasteiger partial charge in [0.15, 0.2) is 0 Å². The van der Waals surface area contributed by atoms with E-state index in [9.17, 15) is 13.2 Å². The number of nitrogens with one attached hydrogen (secondary N) is 1. The van der Waals surface area contributed by atoms with Gasteiger partial charge in [0.2, 0.25) is 10.0 Å². The van der Waals surface area contributed by atoms with Gasteiger partial charge in [0.05, 0.1) is 23.5 Å². The van der Waals surface area contributed by atoms with Crippen LogP contribution in [0.4, 0.5) is 5.69 Å². The minimum Gasteiger partial charge on any atom is -0.492 e. The summed E-state index contributed by atoms with van der Waals surface area (Å²) in [5, 5.41) is 0.220.